The molecule has 0 aliphatic carbocycles. The number of benzene rings is 1. The number of carbonyl (C=O) groups excluding carboxylic acids is 1. The molecule has 1 aromatic rings. The lowest BCUT2D eigenvalue weighted by atomic mass is 10.0. The molecule has 0 saturated heterocycles. The largest absolute Gasteiger partial charge is 0.352 e. The van der Waals surface area contributed by atoms with Gasteiger partial charge in [0.1, 0.15) is 0 Å². The minimum atomic E-state index is 0.0105. The second-order valence-corrected chi connectivity index (χ2v) is 6.45. The first-order valence-electron chi connectivity index (χ1n) is 6.68. The maximum absolute atomic E-state index is 12.1. The summed E-state index contributed by atoms with van der Waals surface area (Å²) in [7, 11) is 0. The molecule has 4 heteroatoms. The van der Waals surface area contributed by atoms with Crippen LogP contribution in [0.1, 0.15) is 42.1 Å². The average molecular weight is 391 g/mol. The molecule has 19 heavy (non-hydrogen) atoms. The maximum atomic E-state index is 12.1. The third kappa shape index (κ3) is 5.65. The van der Waals surface area contributed by atoms with E-state index in [4.69, 9.17) is 0 Å². The molecule has 1 aromatic carbocycles. The van der Waals surface area contributed by atoms with Crippen LogP contribution in [-0.2, 0) is 0 Å². The van der Waals surface area contributed by atoms with Crippen molar-refractivity contribution in [1.29, 1.82) is 0 Å². The molecular weight excluding hydrogens is 370 g/mol. The molecule has 106 valence electrons. The van der Waals surface area contributed by atoms with E-state index in [1.807, 2.05) is 25.1 Å². The van der Waals surface area contributed by atoms with Crippen molar-refractivity contribution in [3.63, 3.8) is 0 Å². The zero-order valence-corrected chi connectivity index (χ0v) is 14.7. The standard InChI is InChI=1S/C15H21Br2NO/c1-3-4-12(7-8-16)10-18-15(19)13-6-5-11(2)14(17)9-13/h5-6,9,12H,3-4,7-8,10H2,1-2H3,(H,18,19). The number of hydrogen-bond acceptors (Lipinski definition) is 1. The molecule has 0 aromatic heterocycles. The van der Waals surface area contributed by atoms with Crippen molar-refractivity contribution >= 4 is 37.8 Å². The maximum Gasteiger partial charge on any atom is 0.251 e. The minimum absolute atomic E-state index is 0.0105. The third-order valence-electron chi connectivity index (χ3n) is 3.20. The van der Waals surface area contributed by atoms with Gasteiger partial charge in [0.2, 0.25) is 0 Å². The summed E-state index contributed by atoms with van der Waals surface area (Å²) < 4.78 is 0.978. The van der Waals surface area contributed by atoms with Crippen LogP contribution >= 0.6 is 31.9 Å². The van der Waals surface area contributed by atoms with Crippen molar-refractivity contribution in [3.05, 3.63) is 33.8 Å². The molecule has 0 heterocycles. The Morgan fingerprint density at radius 3 is 2.68 bits per heavy atom. The van der Waals surface area contributed by atoms with Gasteiger partial charge in [-0.1, -0.05) is 51.3 Å². The minimum Gasteiger partial charge on any atom is -0.352 e. The first kappa shape index (κ1) is 16.7. The number of alkyl halides is 1. The van der Waals surface area contributed by atoms with Crippen molar-refractivity contribution in [2.75, 3.05) is 11.9 Å². The van der Waals surface area contributed by atoms with Crippen molar-refractivity contribution < 1.29 is 4.79 Å². The molecular formula is C15H21Br2NO. The molecule has 2 nitrogen and oxygen atoms in total. The predicted octanol–water partition coefficient (Wildman–Crippen LogP) is 4.69. The summed E-state index contributed by atoms with van der Waals surface area (Å²) in [5.74, 6) is 0.568. The predicted molar refractivity (Wildman–Crippen MR) is 88.0 cm³/mol. The van der Waals surface area contributed by atoms with Crippen LogP contribution in [-0.4, -0.2) is 17.8 Å². The Labute approximate surface area is 132 Å². The lowest BCUT2D eigenvalue weighted by Gasteiger charge is -2.15. The molecule has 0 radical (unpaired) electrons. The van der Waals surface area contributed by atoms with E-state index in [1.165, 1.54) is 0 Å². The van der Waals surface area contributed by atoms with E-state index in [9.17, 15) is 4.79 Å². The molecule has 0 bridgehead atoms. The Morgan fingerprint density at radius 1 is 1.37 bits per heavy atom. The summed E-state index contributed by atoms with van der Waals surface area (Å²) in [6.45, 7) is 4.95. The van der Waals surface area contributed by atoms with Gasteiger partial charge < -0.3 is 5.32 Å². The smallest absolute Gasteiger partial charge is 0.251 e. The molecule has 1 N–H and O–H groups in total. The van der Waals surface area contributed by atoms with E-state index in [-0.39, 0.29) is 5.91 Å². The Hall–Kier alpha value is -0.350. The number of halogens is 2. The second-order valence-electron chi connectivity index (χ2n) is 4.81. The van der Waals surface area contributed by atoms with Gasteiger partial charge in [-0.05, 0) is 43.4 Å². The Kier molecular flexibility index (Phi) is 7.69. The summed E-state index contributed by atoms with van der Waals surface area (Å²) in [6, 6.07) is 5.71. The van der Waals surface area contributed by atoms with E-state index < -0.39 is 0 Å². The van der Waals surface area contributed by atoms with Crippen LogP contribution in [0.15, 0.2) is 22.7 Å². The second kappa shape index (κ2) is 8.75. The summed E-state index contributed by atoms with van der Waals surface area (Å²) in [6.07, 6.45) is 3.42. The highest BCUT2D eigenvalue weighted by molar-refractivity contribution is 9.10. The quantitative estimate of drug-likeness (QED) is 0.672. The molecule has 1 unspecified atom stereocenters. The van der Waals surface area contributed by atoms with Crippen molar-refractivity contribution in [3.8, 4) is 0 Å². The van der Waals surface area contributed by atoms with Gasteiger partial charge in [0, 0.05) is 21.9 Å². The average Bonchev–Trinajstić information content (AvgIpc) is 2.39. The van der Waals surface area contributed by atoms with Crippen molar-refractivity contribution in [2.45, 2.75) is 33.1 Å². The van der Waals surface area contributed by atoms with Crippen LogP contribution in [0.4, 0.5) is 0 Å². The fourth-order valence-corrected chi connectivity index (χ4v) is 3.01. The lowest BCUT2D eigenvalue weighted by Crippen LogP contribution is -2.29. The van der Waals surface area contributed by atoms with Gasteiger partial charge in [0.15, 0.2) is 0 Å². The van der Waals surface area contributed by atoms with E-state index in [0.717, 1.165) is 41.2 Å². The van der Waals surface area contributed by atoms with Gasteiger partial charge in [-0.25, -0.2) is 0 Å². The SMILES string of the molecule is CCCC(CCBr)CNC(=O)c1ccc(C)c(Br)c1. The third-order valence-corrected chi connectivity index (χ3v) is 4.51. The number of amides is 1. The highest BCUT2D eigenvalue weighted by Crippen LogP contribution is 2.18. The molecule has 0 saturated carbocycles. The monoisotopic (exact) mass is 389 g/mol. The first-order chi connectivity index (χ1) is 9.08. The van der Waals surface area contributed by atoms with E-state index >= 15 is 0 Å². The summed E-state index contributed by atoms with van der Waals surface area (Å²) in [5, 5.41) is 4.02. The van der Waals surface area contributed by atoms with Gasteiger partial charge in [-0.15, -0.1) is 0 Å². The van der Waals surface area contributed by atoms with Crippen LogP contribution in [0.5, 0.6) is 0 Å². The fourth-order valence-electron chi connectivity index (χ4n) is 1.98. The zero-order valence-electron chi connectivity index (χ0n) is 11.5. The highest BCUT2D eigenvalue weighted by Gasteiger charge is 2.11. The Bertz CT molecular complexity index is 415. The molecule has 0 fully saturated rings. The number of aryl methyl sites for hydroxylation is 1. The molecule has 0 aliphatic heterocycles. The van der Waals surface area contributed by atoms with E-state index in [2.05, 4.69) is 44.1 Å². The van der Waals surface area contributed by atoms with Gasteiger partial charge in [0.05, 0.1) is 0 Å². The molecule has 0 aliphatic rings. The van der Waals surface area contributed by atoms with Crippen molar-refractivity contribution in [2.24, 2.45) is 5.92 Å². The van der Waals surface area contributed by atoms with E-state index in [1.54, 1.807) is 0 Å². The highest BCUT2D eigenvalue weighted by atomic mass is 79.9. The fraction of sp³-hybridized carbons (Fsp3) is 0.533. The van der Waals surface area contributed by atoms with Crippen molar-refractivity contribution in [1.82, 2.24) is 5.32 Å². The van der Waals surface area contributed by atoms with Gasteiger partial charge >= 0.3 is 0 Å². The molecule has 1 atom stereocenters. The van der Waals surface area contributed by atoms with Crippen LogP contribution in [0.2, 0.25) is 0 Å². The summed E-state index contributed by atoms with van der Waals surface area (Å²) in [4.78, 5) is 12.1. The number of nitrogens with one attached hydrogen (secondary N) is 1. The normalized spacial score (nSPS) is 12.2. The van der Waals surface area contributed by atoms with E-state index in [0.29, 0.717) is 11.5 Å². The molecule has 0 spiro atoms. The molecule has 1 amide bonds. The summed E-state index contributed by atoms with van der Waals surface area (Å²) >= 11 is 6.93. The van der Waals surface area contributed by atoms with Gasteiger partial charge in [-0.3, -0.25) is 4.79 Å². The van der Waals surface area contributed by atoms with Gasteiger partial charge in [0.25, 0.3) is 5.91 Å². The number of carbonyl (C=O) groups is 1. The topological polar surface area (TPSA) is 29.1 Å². The number of hydrogen-bond donors (Lipinski definition) is 1. The van der Waals surface area contributed by atoms with Crippen LogP contribution < -0.4 is 5.32 Å². The number of rotatable bonds is 7. The van der Waals surface area contributed by atoms with Crippen LogP contribution in [0, 0.1) is 12.8 Å². The first-order valence-corrected chi connectivity index (χ1v) is 8.60. The van der Waals surface area contributed by atoms with Crippen LogP contribution in [0.25, 0.3) is 0 Å². The lowest BCUT2D eigenvalue weighted by molar-refractivity contribution is 0.0946. The molecule has 1 rings (SSSR count). The van der Waals surface area contributed by atoms with Crippen LogP contribution in [0.3, 0.4) is 0 Å². The summed E-state index contributed by atoms with van der Waals surface area (Å²) in [5.41, 5.74) is 1.85. The Morgan fingerprint density at radius 2 is 2.11 bits per heavy atom. The zero-order chi connectivity index (χ0) is 14.3. The van der Waals surface area contributed by atoms with Gasteiger partial charge in [-0.2, -0.15) is 0 Å². The Balaban J connectivity index is 2.56.